The Bertz CT molecular complexity index is 761. The van der Waals surface area contributed by atoms with Crippen molar-refractivity contribution in [1.82, 2.24) is 10.2 Å². The number of nitrogens with zero attached hydrogens (tertiary/aromatic N) is 1. The molecule has 1 amide bonds. The number of aromatic amines is 1. The van der Waals surface area contributed by atoms with E-state index in [1.807, 2.05) is 31.2 Å². The molecule has 1 heterocycles. The predicted octanol–water partition coefficient (Wildman–Crippen LogP) is 3.11. The number of rotatable bonds is 6. The highest BCUT2D eigenvalue weighted by molar-refractivity contribution is 5.94. The SMILES string of the molecule is CC[C@@H](OC1CCCC1)C(=O)Nc1cccc(-c2ccc(=O)[nH]n2)c1. The zero-order valence-corrected chi connectivity index (χ0v) is 14.3. The number of carbonyl (C=O) groups is 1. The van der Waals surface area contributed by atoms with Crippen LogP contribution in [0.5, 0.6) is 0 Å². The van der Waals surface area contributed by atoms with Crippen LogP contribution in [0.4, 0.5) is 5.69 Å². The first-order valence-corrected chi connectivity index (χ1v) is 8.78. The monoisotopic (exact) mass is 341 g/mol. The van der Waals surface area contributed by atoms with Crippen LogP contribution in [0.25, 0.3) is 11.3 Å². The third-order valence-electron chi connectivity index (χ3n) is 4.43. The number of ether oxygens (including phenoxy) is 1. The van der Waals surface area contributed by atoms with Gasteiger partial charge in [0.25, 0.3) is 11.5 Å². The summed E-state index contributed by atoms with van der Waals surface area (Å²) < 4.78 is 5.96. The van der Waals surface area contributed by atoms with Crippen molar-refractivity contribution < 1.29 is 9.53 Å². The van der Waals surface area contributed by atoms with E-state index in [-0.39, 0.29) is 17.6 Å². The summed E-state index contributed by atoms with van der Waals surface area (Å²) in [5, 5.41) is 9.35. The molecule has 1 aliphatic carbocycles. The van der Waals surface area contributed by atoms with Gasteiger partial charge in [0.05, 0.1) is 11.8 Å². The normalized spacial score (nSPS) is 15.9. The first-order valence-electron chi connectivity index (χ1n) is 8.78. The summed E-state index contributed by atoms with van der Waals surface area (Å²) in [6.07, 6.45) is 4.84. The Morgan fingerprint density at radius 1 is 1.32 bits per heavy atom. The molecule has 6 heteroatoms. The van der Waals surface area contributed by atoms with E-state index in [0.29, 0.717) is 17.8 Å². The molecule has 6 nitrogen and oxygen atoms in total. The predicted molar refractivity (Wildman–Crippen MR) is 96.3 cm³/mol. The quantitative estimate of drug-likeness (QED) is 0.845. The van der Waals surface area contributed by atoms with Gasteiger partial charge in [-0.15, -0.1) is 0 Å². The van der Waals surface area contributed by atoms with Crippen LogP contribution in [0.2, 0.25) is 0 Å². The summed E-state index contributed by atoms with van der Waals surface area (Å²) in [7, 11) is 0. The van der Waals surface area contributed by atoms with Gasteiger partial charge in [-0.25, -0.2) is 5.10 Å². The van der Waals surface area contributed by atoms with Gasteiger partial charge in [0.2, 0.25) is 0 Å². The number of hydrogen-bond donors (Lipinski definition) is 2. The molecule has 0 unspecified atom stereocenters. The van der Waals surface area contributed by atoms with Gasteiger partial charge in [0.1, 0.15) is 6.10 Å². The smallest absolute Gasteiger partial charge is 0.264 e. The highest BCUT2D eigenvalue weighted by Gasteiger charge is 2.24. The number of benzene rings is 1. The molecule has 1 aliphatic rings. The molecule has 2 aromatic rings. The minimum Gasteiger partial charge on any atom is -0.365 e. The van der Waals surface area contributed by atoms with Crippen molar-refractivity contribution in [3.8, 4) is 11.3 Å². The molecule has 0 bridgehead atoms. The maximum absolute atomic E-state index is 12.5. The maximum Gasteiger partial charge on any atom is 0.264 e. The molecule has 132 valence electrons. The molecule has 1 fully saturated rings. The number of aromatic nitrogens is 2. The van der Waals surface area contributed by atoms with Crippen LogP contribution in [0.15, 0.2) is 41.2 Å². The molecule has 1 atom stereocenters. The standard InChI is InChI=1S/C19H23N3O3/c1-2-17(25-15-8-3-4-9-15)19(24)20-14-7-5-6-13(12-14)16-10-11-18(23)22-21-16/h5-7,10-12,15,17H,2-4,8-9H2,1H3,(H,20,24)(H,22,23)/t17-/m1/s1. The third-order valence-corrected chi connectivity index (χ3v) is 4.43. The topological polar surface area (TPSA) is 84.1 Å². The van der Waals surface area contributed by atoms with E-state index in [4.69, 9.17) is 4.74 Å². The van der Waals surface area contributed by atoms with Gasteiger partial charge in [-0.05, 0) is 37.5 Å². The fourth-order valence-corrected chi connectivity index (χ4v) is 3.08. The number of amides is 1. The molecule has 1 saturated carbocycles. The van der Waals surface area contributed by atoms with Crippen molar-refractivity contribution >= 4 is 11.6 Å². The number of anilines is 1. The van der Waals surface area contributed by atoms with E-state index < -0.39 is 6.10 Å². The van der Waals surface area contributed by atoms with E-state index >= 15 is 0 Å². The maximum atomic E-state index is 12.5. The van der Waals surface area contributed by atoms with E-state index in [1.165, 1.54) is 18.9 Å². The molecule has 0 radical (unpaired) electrons. The Balaban J connectivity index is 1.69. The second-order valence-electron chi connectivity index (χ2n) is 6.32. The fourth-order valence-electron chi connectivity index (χ4n) is 3.08. The lowest BCUT2D eigenvalue weighted by molar-refractivity contribution is -0.131. The third kappa shape index (κ3) is 4.54. The number of carbonyl (C=O) groups excluding carboxylic acids is 1. The highest BCUT2D eigenvalue weighted by atomic mass is 16.5. The van der Waals surface area contributed by atoms with Crippen molar-refractivity contribution in [2.45, 2.75) is 51.2 Å². The summed E-state index contributed by atoms with van der Waals surface area (Å²) >= 11 is 0. The Morgan fingerprint density at radius 3 is 2.80 bits per heavy atom. The van der Waals surface area contributed by atoms with E-state index in [2.05, 4.69) is 15.5 Å². The first kappa shape index (κ1) is 17.4. The molecule has 0 aliphatic heterocycles. The lowest BCUT2D eigenvalue weighted by Gasteiger charge is -2.20. The molecule has 3 rings (SSSR count). The van der Waals surface area contributed by atoms with Crippen molar-refractivity contribution in [2.24, 2.45) is 0 Å². The molecule has 1 aromatic carbocycles. The summed E-state index contributed by atoms with van der Waals surface area (Å²) in [5.41, 5.74) is 1.90. The zero-order valence-electron chi connectivity index (χ0n) is 14.3. The largest absolute Gasteiger partial charge is 0.365 e. The van der Waals surface area contributed by atoms with Crippen molar-refractivity contribution in [3.05, 3.63) is 46.8 Å². The Hall–Kier alpha value is -2.47. The number of nitrogens with one attached hydrogen (secondary N) is 2. The lowest BCUT2D eigenvalue weighted by Crippen LogP contribution is -2.32. The van der Waals surface area contributed by atoms with Crippen molar-refractivity contribution in [1.29, 1.82) is 0 Å². The van der Waals surface area contributed by atoms with Crippen LogP contribution < -0.4 is 10.9 Å². The second kappa shape index (κ2) is 8.07. The van der Waals surface area contributed by atoms with E-state index in [0.717, 1.165) is 18.4 Å². The number of hydrogen-bond acceptors (Lipinski definition) is 4. The Labute approximate surface area is 146 Å². The Kier molecular flexibility index (Phi) is 5.60. The molecule has 1 aromatic heterocycles. The van der Waals surface area contributed by atoms with Crippen LogP contribution in [-0.4, -0.2) is 28.3 Å². The molecule has 25 heavy (non-hydrogen) atoms. The summed E-state index contributed by atoms with van der Waals surface area (Å²) in [6, 6.07) is 10.5. The molecule has 0 spiro atoms. The molecular formula is C19H23N3O3. The molecule has 0 saturated heterocycles. The zero-order chi connectivity index (χ0) is 17.6. The molecular weight excluding hydrogens is 318 g/mol. The average molecular weight is 341 g/mol. The van der Waals surface area contributed by atoms with Crippen LogP contribution in [-0.2, 0) is 9.53 Å². The fraction of sp³-hybridized carbons (Fsp3) is 0.421. The first-order chi connectivity index (χ1) is 12.2. The Morgan fingerprint density at radius 2 is 2.12 bits per heavy atom. The van der Waals surface area contributed by atoms with Gasteiger partial charge in [-0.2, -0.15) is 5.10 Å². The summed E-state index contributed by atoms with van der Waals surface area (Å²) in [5.74, 6) is -0.124. The summed E-state index contributed by atoms with van der Waals surface area (Å²) in [4.78, 5) is 23.7. The van der Waals surface area contributed by atoms with Gasteiger partial charge >= 0.3 is 0 Å². The van der Waals surface area contributed by atoms with Crippen LogP contribution in [0.1, 0.15) is 39.0 Å². The van der Waals surface area contributed by atoms with Crippen LogP contribution >= 0.6 is 0 Å². The van der Waals surface area contributed by atoms with Crippen LogP contribution in [0.3, 0.4) is 0 Å². The van der Waals surface area contributed by atoms with Gasteiger partial charge in [0.15, 0.2) is 0 Å². The highest BCUT2D eigenvalue weighted by Crippen LogP contribution is 2.24. The van der Waals surface area contributed by atoms with Crippen LogP contribution in [0, 0.1) is 0 Å². The minimum absolute atomic E-state index is 0.124. The van der Waals surface area contributed by atoms with Crippen molar-refractivity contribution in [3.63, 3.8) is 0 Å². The van der Waals surface area contributed by atoms with Gasteiger partial charge in [0, 0.05) is 17.3 Å². The van der Waals surface area contributed by atoms with E-state index in [1.54, 1.807) is 6.07 Å². The van der Waals surface area contributed by atoms with Crippen molar-refractivity contribution in [2.75, 3.05) is 5.32 Å². The average Bonchev–Trinajstić information content (AvgIpc) is 3.13. The van der Waals surface area contributed by atoms with Gasteiger partial charge < -0.3 is 10.1 Å². The summed E-state index contributed by atoms with van der Waals surface area (Å²) in [6.45, 7) is 1.96. The molecule has 2 N–H and O–H groups in total. The number of H-pyrrole nitrogens is 1. The van der Waals surface area contributed by atoms with E-state index in [9.17, 15) is 9.59 Å². The second-order valence-corrected chi connectivity index (χ2v) is 6.32. The van der Waals surface area contributed by atoms with Gasteiger partial charge in [-0.1, -0.05) is 31.9 Å². The lowest BCUT2D eigenvalue weighted by atomic mass is 10.1. The minimum atomic E-state index is -0.432. The van der Waals surface area contributed by atoms with Gasteiger partial charge in [-0.3, -0.25) is 9.59 Å².